The number of nitrogens with zero attached hydrogens (tertiary/aromatic N) is 1. The van der Waals surface area contributed by atoms with Crippen molar-refractivity contribution in [3.63, 3.8) is 0 Å². The summed E-state index contributed by atoms with van der Waals surface area (Å²) in [5.41, 5.74) is 3.41. The highest BCUT2D eigenvalue weighted by atomic mass is 19.4. The van der Waals surface area contributed by atoms with E-state index in [1.165, 1.54) is 47.2 Å². The van der Waals surface area contributed by atoms with Crippen molar-refractivity contribution in [2.45, 2.75) is 25.6 Å². The fourth-order valence-corrected chi connectivity index (χ4v) is 4.41. The van der Waals surface area contributed by atoms with Crippen molar-refractivity contribution >= 4 is 28.5 Å². The van der Waals surface area contributed by atoms with Gasteiger partial charge in [-0.3, -0.25) is 9.59 Å². The molecule has 0 spiro atoms. The topological polar surface area (TPSA) is 110 Å². The monoisotopic (exact) mass is 530 g/mol. The van der Waals surface area contributed by atoms with Crippen LogP contribution in [0.15, 0.2) is 59.2 Å². The number of benzene rings is 2. The summed E-state index contributed by atoms with van der Waals surface area (Å²) in [7, 11) is 0. The van der Waals surface area contributed by atoms with Crippen molar-refractivity contribution in [1.29, 1.82) is 5.41 Å². The van der Waals surface area contributed by atoms with Crippen molar-refractivity contribution in [3.8, 4) is 0 Å². The van der Waals surface area contributed by atoms with Crippen LogP contribution in [-0.2, 0) is 11.3 Å². The maximum Gasteiger partial charge on any atom is 0.431 e. The number of ether oxygens (including phenoxy) is 1. The van der Waals surface area contributed by atoms with Gasteiger partial charge < -0.3 is 25.8 Å². The lowest BCUT2D eigenvalue weighted by Crippen LogP contribution is -2.32. The minimum absolute atomic E-state index is 0.0266. The zero-order valence-electron chi connectivity index (χ0n) is 20.3. The third-order valence-corrected chi connectivity index (χ3v) is 6.49. The van der Waals surface area contributed by atoms with Crippen LogP contribution < -0.4 is 16.6 Å². The summed E-state index contributed by atoms with van der Waals surface area (Å²) in [5.74, 6) is -0.734. The van der Waals surface area contributed by atoms with E-state index in [0.29, 0.717) is 42.8 Å². The standard InChI is InChI=1S/C27H26F4N4O3/c28-21-10-17(9-20(12-21)25(36)34-14-16-4-7-38-8-5-16)15-35-6-3-19-11-18(1-2-22(19)26(35)37)23(13-32)24(33)27(29,30)31/h1-3,6,9-13,16,32H,4-5,7-8,14-15,33H2,(H,34,36)/b24-23+,32-13?. The van der Waals surface area contributed by atoms with Crippen LogP contribution in [0.5, 0.6) is 0 Å². The first-order valence-electron chi connectivity index (χ1n) is 11.9. The maximum atomic E-state index is 14.3. The Morgan fingerprint density at radius 3 is 2.55 bits per heavy atom. The molecule has 11 heteroatoms. The molecule has 1 fully saturated rings. The summed E-state index contributed by atoms with van der Waals surface area (Å²) in [6.07, 6.45) is -1.17. The molecule has 1 aliphatic heterocycles. The first kappa shape index (κ1) is 27.1. The van der Waals surface area contributed by atoms with Gasteiger partial charge in [-0.2, -0.15) is 13.2 Å². The van der Waals surface area contributed by atoms with E-state index in [4.69, 9.17) is 15.9 Å². The normalized spacial score (nSPS) is 15.3. The molecule has 1 aliphatic rings. The summed E-state index contributed by atoms with van der Waals surface area (Å²) >= 11 is 0. The Balaban J connectivity index is 1.57. The number of nitrogens with one attached hydrogen (secondary N) is 2. The number of amides is 1. The van der Waals surface area contributed by atoms with Crippen LogP contribution in [0.1, 0.15) is 34.3 Å². The number of halogens is 4. The zero-order chi connectivity index (χ0) is 27.4. The number of allylic oxidation sites excluding steroid dienone is 2. The lowest BCUT2D eigenvalue weighted by atomic mass is 10.00. The van der Waals surface area contributed by atoms with E-state index >= 15 is 0 Å². The van der Waals surface area contributed by atoms with Gasteiger partial charge in [0.1, 0.15) is 11.5 Å². The van der Waals surface area contributed by atoms with Gasteiger partial charge in [0.05, 0.1) is 6.54 Å². The number of alkyl halides is 3. The van der Waals surface area contributed by atoms with Crippen molar-refractivity contribution in [1.82, 2.24) is 9.88 Å². The molecule has 200 valence electrons. The van der Waals surface area contributed by atoms with Crippen LogP contribution in [0.3, 0.4) is 0 Å². The lowest BCUT2D eigenvalue weighted by molar-refractivity contribution is -0.0918. The molecule has 38 heavy (non-hydrogen) atoms. The van der Waals surface area contributed by atoms with Gasteiger partial charge in [0.25, 0.3) is 11.5 Å². The second kappa shape index (κ2) is 11.2. The molecule has 4 N–H and O–H groups in total. The van der Waals surface area contributed by atoms with E-state index in [2.05, 4.69) is 5.32 Å². The molecule has 0 saturated carbocycles. The fourth-order valence-electron chi connectivity index (χ4n) is 4.41. The van der Waals surface area contributed by atoms with Gasteiger partial charge in [-0.05, 0) is 71.7 Å². The molecule has 0 radical (unpaired) electrons. The second-order valence-corrected chi connectivity index (χ2v) is 9.13. The van der Waals surface area contributed by atoms with Crippen molar-refractivity contribution in [2.24, 2.45) is 11.7 Å². The maximum absolute atomic E-state index is 14.3. The average Bonchev–Trinajstić information content (AvgIpc) is 2.89. The molecule has 1 aromatic heterocycles. The Labute approximate surface area is 215 Å². The number of carbonyl (C=O) groups is 1. The Morgan fingerprint density at radius 1 is 1.13 bits per heavy atom. The Morgan fingerprint density at radius 2 is 1.87 bits per heavy atom. The molecule has 1 saturated heterocycles. The summed E-state index contributed by atoms with van der Waals surface area (Å²) in [6.45, 7) is 1.73. The highest BCUT2D eigenvalue weighted by molar-refractivity contribution is 6.10. The quantitative estimate of drug-likeness (QED) is 0.314. The highest BCUT2D eigenvalue weighted by Crippen LogP contribution is 2.29. The minimum Gasteiger partial charge on any atom is -0.394 e. The number of fused-ring (bicyclic) bond motifs is 1. The number of hydrogen-bond donors (Lipinski definition) is 3. The Kier molecular flexibility index (Phi) is 7.96. The summed E-state index contributed by atoms with van der Waals surface area (Å²) < 4.78 is 60.1. The van der Waals surface area contributed by atoms with Gasteiger partial charge in [0, 0.05) is 48.7 Å². The predicted molar refractivity (Wildman–Crippen MR) is 136 cm³/mol. The Hall–Kier alpha value is -3.99. The van der Waals surface area contributed by atoms with Crippen LogP contribution in [0.2, 0.25) is 0 Å². The molecular formula is C27H26F4N4O3. The smallest absolute Gasteiger partial charge is 0.394 e. The summed E-state index contributed by atoms with van der Waals surface area (Å²) in [4.78, 5) is 25.7. The van der Waals surface area contributed by atoms with Gasteiger partial charge in [-0.25, -0.2) is 4.39 Å². The molecular weight excluding hydrogens is 504 g/mol. The van der Waals surface area contributed by atoms with Gasteiger partial charge >= 0.3 is 6.18 Å². The van der Waals surface area contributed by atoms with Crippen molar-refractivity contribution in [3.05, 3.63) is 87.2 Å². The van der Waals surface area contributed by atoms with Crippen LogP contribution in [-0.4, -0.2) is 42.6 Å². The molecule has 7 nitrogen and oxygen atoms in total. The van der Waals surface area contributed by atoms with Gasteiger partial charge in [-0.1, -0.05) is 6.07 Å². The molecule has 4 rings (SSSR count). The van der Waals surface area contributed by atoms with E-state index in [1.807, 2.05) is 0 Å². The third kappa shape index (κ3) is 6.10. The van der Waals surface area contributed by atoms with E-state index in [-0.39, 0.29) is 23.1 Å². The van der Waals surface area contributed by atoms with Crippen LogP contribution in [0.25, 0.3) is 16.3 Å². The van der Waals surface area contributed by atoms with Gasteiger partial charge in [0.15, 0.2) is 0 Å². The molecule has 2 heterocycles. The van der Waals surface area contributed by atoms with Crippen molar-refractivity contribution in [2.75, 3.05) is 19.8 Å². The van der Waals surface area contributed by atoms with Gasteiger partial charge in [-0.15, -0.1) is 0 Å². The first-order valence-corrected chi connectivity index (χ1v) is 11.9. The molecule has 1 amide bonds. The number of pyridine rings is 1. The number of rotatable bonds is 7. The molecule has 3 aromatic rings. The number of aromatic nitrogens is 1. The Bertz CT molecular complexity index is 1460. The van der Waals surface area contributed by atoms with E-state index in [1.54, 1.807) is 0 Å². The predicted octanol–water partition coefficient (Wildman–Crippen LogP) is 4.23. The number of carbonyl (C=O) groups excluding carboxylic acids is 1. The first-order chi connectivity index (χ1) is 18.1. The largest absolute Gasteiger partial charge is 0.431 e. The highest BCUT2D eigenvalue weighted by Gasteiger charge is 2.34. The number of hydrogen-bond acceptors (Lipinski definition) is 5. The molecule has 2 aromatic carbocycles. The van der Waals surface area contributed by atoms with E-state index in [9.17, 15) is 27.2 Å². The second-order valence-electron chi connectivity index (χ2n) is 9.13. The third-order valence-electron chi connectivity index (χ3n) is 6.49. The fraction of sp³-hybridized carbons (Fsp3) is 0.296. The number of nitrogens with two attached hydrogens (primary N) is 1. The summed E-state index contributed by atoms with van der Waals surface area (Å²) in [5, 5.41) is 10.8. The molecule has 0 aliphatic carbocycles. The lowest BCUT2D eigenvalue weighted by Gasteiger charge is -2.22. The van der Waals surface area contributed by atoms with Crippen LogP contribution >= 0.6 is 0 Å². The molecule has 0 unspecified atom stereocenters. The molecule has 0 bridgehead atoms. The van der Waals surface area contributed by atoms with E-state index < -0.39 is 34.7 Å². The summed E-state index contributed by atoms with van der Waals surface area (Å²) in [6, 6.07) is 9.41. The van der Waals surface area contributed by atoms with Crippen molar-refractivity contribution < 1.29 is 27.1 Å². The zero-order valence-corrected chi connectivity index (χ0v) is 20.3. The van der Waals surface area contributed by atoms with Crippen LogP contribution in [0, 0.1) is 17.1 Å². The van der Waals surface area contributed by atoms with Crippen LogP contribution in [0.4, 0.5) is 17.6 Å². The average molecular weight is 531 g/mol. The SMILES string of the molecule is N=C/C(=C(\N)C(F)(F)F)c1ccc2c(=O)n(Cc3cc(F)cc(C(=O)NCC4CCOCC4)c3)ccc2c1. The molecule has 0 atom stereocenters. The van der Waals surface area contributed by atoms with Gasteiger partial charge in [0.2, 0.25) is 0 Å². The minimum atomic E-state index is -4.81. The van der Waals surface area contributed by atoms with E-state index in [0.717, 1.165) is 18.9 Å².